The quantitative estimate of drug-likeness (QED) is 0.611. The molecular weight excluding hydrogens is 345 g/mol. The van der Waals surface area contributed by atoms with Gasteiger partial charge in [0.15, 0.2) is 5.65 Å². The predicted molar refractivity (Wildman–Crippen MR) is 91.1 cm³/mol. The van der Waals surface area contributed by atoms with Gasteiger partial charge in [0.1, 0.15) is 17.5 Å². The number of nitrogens with zero attached hydrogens (tertiary/aromatic N) is 4. The van der Waals surface area contributed by atoms with Crippen molar-refractivity contribution in [2.45, 2.75) is 0 Å². The van der Waals surface area contributed by atoms with Crippen LogP contribution in [-0.4, -0.2) is 25.3 Å². The maximum atomic E-state index is 13.1. The summed E-state index contributed by atoms with van der Waals surface area (Å²) < 4.78 is 15.5. The summed E-state index contributed by atoms with van der Waals surface area (Å²) >= 11 is 1.27. The fourth-order valence-electron chi connectivity index (χ4n) is 2.33. The van der Waals surface area contributed by atoms with E-state index in [2.05, 4.69) is 15.5 Å². The summed E-state index contributed by atoms with van der Waals surface area (Å²) in [6, 6.07) is 9.07. The number of hydrogen-bond donors (Lipinski definition) is 1. The summed E-state index contributed by atoms with van der Waals surface area (Å²) in [5.41, 5.74) is 2.92. The third-order valence-corrected chi connectivity index (χ3v) is 4.40. The Morgan fingerprint density at radius 2 is 2.00 bits per heavy atom. The molecule has 1 aromatic carbocycles. The maximum Gasteiger partial charge on any atom is 0.283 e. The van der Waals surface area contributed by atoms with Crippen LogP contribution in [0.5, 0.6) is 0 Å². The summed E-state index contributed by atoms with van der Waals surface area (Å²) in [6.07, 6.45) is 2.58. The number of aromatic nitrogens is 4. The van der Waals surface area contributed by atoms with E-state index in [1.54, 1.807) is 17.5 Å². The molecule has 0 radical (unpaired) electrons. The number of hydrogen-bond acceptors (Lipinski definition) is 5. The SMILES string of the molecule is O=C(Nn1cnc2c(cnn2-c2ccc(F)cc2)c1=O)c1cccs1. The van der Waals surface area contributed by atoms with Crippen LogP contribution in [0, 0.1) is 5.82 Å². The molecule has 25 heavy (non-hydrogen) atoms. The highest BCUT2D eigenvalue weighted by Gasteiger charge is 2.14. The van der Waals surface area contributed by atoms with Crippen molar-refractivity contribution in [1.82, 2.24) is 19.4 Å². The lowest BCUT2D eigenvalue weighted by atomic mass is 10.3. The van der Waals surface area contributed by atoms with Gasteiger partial charge < -0.3 is 0 Å². The highest BCUT2D eigenvalue weighted by molar-refractivity contribution is 7.12. The average Bonchev–Trinajstić information content (AvgIpc) is 3.28. The normalized spacial score (nSPS) is 10.9. The number of carbonyl (C=O) groups is 1. The molecule has 4 rings (SSSR count). The number of benzene rings is 1. The van der Waals surface area contributed by atoms with Gasteiger partial charge in [-0.3, -0.25) is 15.0 Å². The first-order valence-corrected chi connectivity index (χ1v) is 8.07. The van der Waals surface area contributed by atoms with Crippen LogP contribution < -0.4 is 11.0 Å². The topological polar surface area (TPSA) is 81.8 Å². The van der Waals surface area contributed by atoms with Gasteiger partial charge in [-0.1, -0.05) is 6.07 Å². The van der Waals surface area contributed by atoms with Crippen LogP contribution in [0.1, 0.15) is 9.67 Å². The van der Waals surface area contributed by atoms with Gasteiger partial charge in [0, 0.05) is 0 Å². The zero-order valence-corrected chi connectivity index (χ0v) is 13.4. The first kappa shape index (κ1) is 15.2. The smallest absolute Gasteiger partial charge is 0.267 e. The molecule has 7 nitrogen and oxygen atoms in total. The second-order valence-corrected chi connectivity index (χ2v) is 6.06. The van der Waals surface area contributed by atoms with E-state index in [4.69, 9.17) is 0 Å². The number of fused-ring (bicyclic) bond motifs is 1. The number of halogens is 1. The van der Waals surface area contributed by atoms with Gasteiger partial charge in [-0.05, 0) is 35.7 Å². The van der Waals surface area contributed by atoms with Crippen LogP contribution in [0.25, 0.3) is 16.7 Å². The summed E-state index contributed by atoms with van der Waals surface area (Å²) in [7, 11) is 0. The molecule has 4 aromatic rings. The van der Waals surface area contributed by atoms with Crippen molar-refractivity contribution < 1.29 is 9.18 Å². The summed E-state index contributed by atoms with van der Waals surface area (Å²) in [4.78, 5) is 29.3. The van der Waals surface area contributed by atoms with Crippen LogP contribution >= 0.6 is 11.3 Å². The summed E-state index contributed by atoms with van der Waals surface area (Å²) in [5, 5.41) is 6.14. The zero-order valence-electron chi connectivity index (χ0n) is 12.6. The Bertz CT molecular complexity index is 1120. The number of nitrogens with one attached hydrogen (secondary N) is 1. The minimum absolute atomic E-state index is 0.235. The molecule has 0 fully saturated rings. The second-order valence-electron chi connectivity index (χ2n) is 5.11. The number of carbonyl (C=O) groups excluding carboxylic acids is 1. The first-order valence-electron chi connectivity index (χ1n) is 7.20. The molecule has 1 N–H and O–H groups in total. The highest BCUT2D eigenvalue weighted by atomic mass is 32.1. The van der Waals surface area contributed by atoms with Crippen LogP contribution in [-0.2, 0) is 0 Å². The van der Waals surface area contributed by atoms with Gasteiger partial charge >= 0.3 is 0 Å². The van der Waals surface area contributed by atoms with Crippen LogP contribution in [0.4, 0.5) is 4.39 Å². The number of thiophene rings is 1. The molecule has 1 amide bonds. The van der Waals surface area contributed by atoms with Crippen molar-refractivity contribution in [2.24, 2.45) is 0 Å². The maximum absolute atomic E-state index is 13.1. The molecule has 3 aromatic heterocycles. The van der Waals surface area contributed by atoms with Gasteiger partial charge in [-0.25, -0.2) is 18.7 Å². The fourth-order valence-corrected chi connectivity index (χ4v) is 2.95. The lowest BCUT2D eigenvalue weighted by Crippen LogP contribution is -2.32. The van der Waals surface area contributed by atoms with E-state index < -0.39 is 11.5 Å². The van der Waals surface area contributed by atoms with E-state index in [1.165, 1.54) is 52.8 Å². The molecule has 3 heterocycles. The zero-order chi connectivity index (χ0) is 17.4. The van der Waals surface area contributed by atoms with Crippen LogP contribution in [0.15, 0.2) is 59.1 Å². The largest absolute Gasteiger partial charge is 0.283 e. The molecule has 0 bridgehead atoms. The molecule has 0 unspecified atom stereocenters. The van der Waals surface area contributed by atoms with E-state index >= 15 is 0 Å². The van der Waals surface area contributed by atoms with E-state index in [1.807, 2.05) is 0 Å². The molecule has 124 valence electrons. The molecule has 0 aliphatic rings. The van der Waals surface area contributed by atoms with Gasteiger partial charge in [-0.2, -0.15) is 5.10 Å². The van der Waals surface area contributed by atoms with Crippen LogP contribution in [0.2, 0.25) is 0 Å². The fraction of sp³-hybridized carbons (Fsp3) is 0. The molecule has 0 saturated carbocycles. The Morgan fingerprint density at radius 3 is 2.72 bits per heavy atom. The molecule has 0 aliphatic heterocycles. The number of rotatable bonds is 3. The van der Waals surface area contributed by atoms with Crippen molar-refractivity contribution in [2.75, 3.05) is 5.43 Å². The molecule has 0 aliphatic carbocycles. The Balaban J connectivity index is 1.73. The Kier molecular flexibility index (Phi) is 3.62. The summed E-state index contributed by atoms with van der Waals surface area (Å²) in [6.45, 7) is 0. The van der Waals surface area contributed by atoms with Crippen molar-refractivity contribution >= 4 is 28.3 Å². The van der Waals surface area contributed by atoms with Gasteiger partial charge in [-0.15, -0.1) is 11.3 Å². The predicted octanol–water partition coefficient (Wildman–Crippen LogP) is 2.17. The van der Waals surface area contributed by atoms with Crippen molar-refractivity contribution in [3.63, 3.8) is 0 Å². The lowest BCUT2D eigenvalue weighted by Gasteiger charge is -2.07. The first-order chi connectivity index (χ1) is 12.1. The average molecular weight is 355 g/mol. The minimum atomic E-state index is -0.455. The summed E-state index contributed by atoms with van der Waals surface area (Å²) in [5.74, 6) is -0.768. The minimum Gasteiger partial charge on any atom is -0.267 e. The van der Waals surface area contributed by atoms with Crippen molar-refractivity contribution in [3.8, 4) is 5.69 Å². The van der Waals surface area contributed by atoms with E-state index in [-0.39, 0.29) is 11.2 Å². The molecule has 0 spiro atoms. The second kappa shape index (κ2) is 5.95. The van der Waals surface area contributed by atoms with E-state index in [9.17, 15) is 14.0 Å². The third kappa shape index (κ3) is 2.70. The van der Waals surface area contributed by atoms with Gasteiger partial charge in [0.05, 0.1) is 16.8 Å². The molecule has 0 saturated heterocycles. The standard InChI is InChI=1S/C16H10FN5O2S/c17-10-3-5-11(6-4-10)22-14-12(8-19-22)16(24)21(9-18-14)20-15(23)13-2-1-7-25-13/h1-9H,(H,20,23). The number of amides is 1. The monoisotopic (exact) mass is 355 g/mol. The molecule has 0 atom stereocenters. The van der Waals surface area contributed by atoms with E-state index in [0.717, 1.165) is 4.68 Å². The van der Waals surface area contributed by atoms with Crippen molar-refractivity contribution in [1.29, 1.82) is 0 Å². The third-order valence-electron chi connectivity index (χ3n) is 3.53. The van der Waals surface area contributed by atoms with Gasteiger partial charge in [0.2, 0.25) is 0 Å². The van der Waals surface area contributed by atoms with Crippen LogP contribution in [0.3, 0.4) is 0 Å². The molecular formula is C16H10FN5O2S. The Morgan fingerprint density at radius 1 is 1.20 bits per heavy atom. The highest BCUT2D eigenvalue weighted by Crippen LogP contribution is 2.14. The Labute approximate surface area is 143 Å². The Hall–Kier alpha value is -3.33. The van der Waals surface area contributed by atoms with Crippen molar-refractivity contribution in [3.05, 3.63) is 75.4 Å². The lowest BCUT2D eigenvalue weighted by molar-refractivity contribution is 0.101. The van der Waals surface area contributed by atoms with E-state index in [0.29, 0.717) is 16.2 Å². The molecule has 9 heteroatoms. The van der Waals surface area contributed by atoms with Gasteiger partial charge in [0.25, 0.3) is 11.5 Å².